The van der Waals surface area contributed by atoms with Crippen molar-refractivity contribution in [2.45, 2.75) is 20.4 Å². The van der Waals surface area contributed by atoms with Crippen LogP contribution in [0.2, 0.25) is 0 Å². The standard InChI is InChI=1S/C21H21FN4O2/c1-14-18(15(2)26(25-14)16-8-4-3-5-9-16)12-23-20(27)13-24-21(28)17-10-6-7-11-19(17)22/h3-11H,12-13H2,1-2H3,(H,23,27)(H,24,28). The lowest BCUT2D eigenvalue weighted by atomic mass is 10.2. The van der Waals surface area contributed by atoms with E-state index < -0.39 is 11.7 Å². The van der Waals surface area contributed by atoms with E-state index in [1.165, 1.54) is 18.2 Å². The number of halogens is 1. The van der Waals surface area contributed by atoms with Gasteiger partial charge in [0.15, 0.2) is 0 Å². The Balaban J connectivity index is 1.59. The van der Waals surface area contributed by atoms with E-state index in [4.69, 9.17) is 0 Å². The van der Waals surface area contributed by atoms with Crippen LogP contribution >= 0.6 is 0 Å². The molecule has 0 unspecified atom stereocenters. The fourth-order valence-electron chi connectivity index (χ4n) is 2.90. The normalized spacial score (nSPS) is 10.5. The molecule has 2 aromatic carbocycles. The van der Waals surface area contributed by atoms with E-state index in [2.05, 4.69) is 15.7 Å². The molecule has 3 aromatic rings. The Kier molecular flexibility index (Phi) is 5.84. The molecule has 0 bridgehead atoms. The lowest BCUT2D eigenvalue weighted by Gasteiger charge is -2.08. The molecule has 2 N–H and O–H groups in total. The summed E-state index contributed by atoms with van der Waals surface area (Å²) in [7, 11) is 0. The van der Waals surface area contributed by atoms with Gasteiger partial charge < -0.3 is 10.6 Å². The largest absolute Gasteiger partial charge is 0.350 e. The van der Waals surface area contributed by atoms with E-state index >= 15 is 0 Å². The van der Waals surface area contributed by atoms with Gasteiger partial charge in [0.25, 0.3) is 5.91 Å². The molecule has 28 heavy (non-hydrogen) atoms. The fourth-order valence-corrected chi connectivity index (χ4v) is 2.90. The van der Waals surface area contributed by atoms with Crippen LogP contribution in [0.3, 0.4) is 0 Å². The highest BCUT2D eigenvalue weighted by atomic mass is 19.1. The number of hydrogen-bond acceptors (Lipinski definition) is 3. The summed E-state index contributed by atoms with van der Waals surface area (Å²) < 4.78 is 15.4. The second-order valence-corrected chi connectivity index (χ2v) is 6.34. The van der Waals surface area contributed by atoms with E-state index in [1.807, 2.05) is 48.9 Å². The predicted octanol–water partition coefficient (Wildman–Crippen LogP) is 2.67. The number of rotatable bonds is 6. The first kappa shape index (κ1) is 19.3. The molecular formula is C21H21FN4O2. The van der Waals surface area contributed by atoms with Crippen molar-refractivity contribution in [3.63, 3.8) is 0 Å². The van der Waals surface area contributed by atoms with Crippen LogP contribution in [0.25, 0.3) is 5.69 Å². The number of hydrogen-bond donors (Lipinski definition) is 2. The summed E-state index contributed by atoms with van der Waals surface area (Å²) in [5.74, 6) is -1.62. The highest BCUT2D eigenvalue weighted by molar-refractivity contribution is 5.96. The second-order valence-electron chi connectivity index (χ2n) is 6.34. The van der Waals surface area contributed by atoms with Crippen LogP contribution in [-0.4, -0.2) is 28.1 Å². The van der Waals surface area contributed by atoms with Gasteiger partial charge in [0.1, 0.15) is 5.82 Å². The third-order valence-corrected chi connectivity index (χ3v) is 4.43. The second kappa shape index (κ2) is 8.47. The monoisotopic (exact) mass is 380 g/mol. The molecule has 7 heteroatoms. The van der Waals surface area contributed by atoms with Crippen LogP contribution in [0.5, 0.6) is 0 Å². The molecule has 0 radical (unpaired) electrons. The number of benzene rings is 2. The van der Waals surface area contributed by atoms with Crippen molar-refractivity contribution in [1.29, 1.82) is 0 Å². The van der Waals surface area contributed by atoms with Gasteiger partial charge in [0, 0.05) is 17.8 Å². The third kappa shape index (κ3) is 4.25. The van der Waals surface area contributed by atoms with Crippen molar-refractivity contribution >= 4 is 11.8 Å². The lowest BCUT2D eigenvalue weighted by molar-refractivity contribution is -0.120. The number of carbonyl (C=O) groups is 2. The summed E-state index contributed by atoms with van der Waals surface area (Å²) in [6.45, 7) is 3.87. The molecule has 0 aliphatic carbocycles. The molecule has 2 amide bonds. The Morgan fingerprint density at radius 1 is 1.00 bits per heavy atom. The summed E-state index contributed by atoms with van der Waals surface area (Å²) in [5.41, 5.74) is 3.51. The molecule has 1 aromatic heterocycles. The summed E-state index contributed by atoms with van der Waals surface area (Å²) in [6.07, 6.45) is 0. The first-order valence-electron chi connectivity index (χ1n) is 8.87. The summed E-state index contributed by atoms with van der Waals surface area (Å²) in [6, 6.07) is 15.4. The number of amides is 2. The van der Waals surface area contributed by atoms with Gasteiger partial charge in [-0.3, -0.25) is 9.59 Å². The molecule has 0 saturated carbocycles. The van der Waals surface area contributed by atoms with E-state index in [0.29, 0.717) is 6.54 Å². The van der Waals surface area contributed by atoms with Crippen molar-refractivity contribution in [3.8, 4) is 5.69 Å². The average molecular weight is 380 g/mol. The number of nitrogens with zero attached hydrogens (tertiary/aromatic N) is 2. The van der Waals surface area contributed by atoms with Gasteiger partial charge in [-0.15, -0.1) is 0 Å². The molecule has 144 valence electrons. The Labute approximate surface area is 162 Å². The molecule has 0 saturated heterocycles. The zero-order valence-corrected chi connectivity index (χ0v) is 15.7. The van der Waals surface area contributed by atoms with E-state index in [9.17, 15) is 14.0 Å². The van der Waals surface area contributed by atoms with Crippen molar-refractivity contribution in [3.05, 3.63) is 82.9 Å². The zero-order chi connectivity index (χ0) is 20.1. The van der Waals surface area contributed by atoms with Crippen molar-refractivity contribution < 1.29 is 14.0 Å². The molecule has 0 spiro atoms. The molecular weight excluding hydrogens is 359 g/mol. The zero-order valence-electron chi connectivity index (χ0n) is 15.7. The van der Waals surface area contributed by atoms with Crippen LogP contribution in [0, 0.1) is 19.7 Å². The quantitative estimate of drug-likeness (QED) is 0.690. The van der Waals surface area contributed by atoms with E-state index in [1.54, 1.807) is 6.07 Å². The summed E-state index contributed by atoms with van der Waals surface area (Å²) >= 11 is 0. The number of para-hydroxylation sites is 1. The highest BCUT2D eigenvalue weighted by Crippen LogP contribution is 2.17. The SMILES string of the molecule is Cc1nn(-c2ccccc2)c(C)c1CNC(=O)CNC(=O)c1ccccc1F. The maximum Gasteiger partial charge on any atom is 0.254 e. The topological polar surface area (TPSA) is 76.0 Å². The molecule has 3 rings (SSSR count). The third-order valence-electron chi connectivity index (χ3n) is 4.43. The van der Waals surface area contributed by atoms with Gasteiger partial charge in [-0.2, -0.15) is 5.10 Å². The van der Waals surface area contributed by atoms with Crippen LogP contribution in [0.4, 0.5) is 4.39 Å². The Hall–Kier alpha value is -3.48. The minimum absolute atomic E-state index is 0.0915. The van der Waals surface area contributed by atoms with Crippen LogP contribution in [0.15, 0.2) is 54.6 Å². The summed E-state index contributed by atoms with van der Waals surface area (Å²) in [5, 5.41) is 9.73. The van der Waals surface area contributed by atoms with Gasteiger partial charge in [0.2, 0.25) is 5.91 Å². The molecule has 0 aliphatic rings. The predicted molar refractivity (Wildman–Crippen MR) is 104 cm³/mol. The van der Waals surface area contributed by atoms with Gasteiger partial charge in [-0.25, -0.2) is 9.07 Å². The highest BCUT2D eigenvalue weighted by Gasteiger charge is 2.15. The minimum atomic E-state index is -0.627. The lowest BCUT2D eigenvalue weighted by Crippen LogP contribution is -2.37. The molecule has 0 fully saturated rings. The van der Waals surface area contributed by atoms with E-state index in [-0.39, 0.29) is 18.0 Å². The average Bonchev–Trinajstić information content (AvgIpc) is 2.99. The van der Waals surface area contributed by atoms with Crippen molar-refractivity contribution in [1.82, 2.24) is 20.4 Å². The first-order valence-corrected chi connectivity index (χ1v) is 8.87. The van der Waals surface area contributed by atoms with Gasteiger partial charge >= 0.3 is 0 Å². The Morgan fingerprint density at radius 2 is 1.68 bits per heavy atom. The maximum absolute atomic E-state index is 13.6. The number of aryl methyl sites for hydroxylation is 1. The minimum Gasteiger partial charge on any atom is -0.350 e. The van der Waals surface area contributed by atoms with Gasteiger partial charge in [-0.1, -0.05) is 30.3 Å². The number of aromatic nitrogens is 2. The van der Waals surface area contributed by atoms with Crippen LogP contribution in [-0.2, 0) is 11.3 Å². The van der Waals surface area contributed by atoms with Crippen molar-refractivity contribution in [2.75, 3.05) is 6.54 Å². The first-order chi connectivity index (χ1) is 13.5. The molecule has 6 nitrogen and oxygen atoms in total. The number of nitrogens with one attached hydrogen (secondary N) is 2. The molecule has 1 heterocycles. The summed E-state index contributed by atoms with van der Waals surface area (Å²) in [4.78, 5) is 24.1. The van der Waals surface area contributed by atoms with Crippen LogP contribution in [0.1, 0.15) is 27.3 Å². The van der Waals surface area contributed by atoms with Gasteiger partial charge in [0.05, 0.1) is 23.5 Å². The van der Waals surface area contributed by atoms with E-state index in [0.717, 1.165) is 22.6 Å². The smallest absolute Gasteiger partial charge is 0.254 e. The fraction of sp³-hybridized carbons (Fsp3) is 0.190. The van der Waals surface area contributed by atoms with Crippen LogP contribution < -0.4 is 10.6 Å². The Morgan fingerprint density at radius 3 is 2.39 bits per heavy atom. The molecule has 0 atom stereocenters. The molecule has 0 aliphatic heterocycles. The number of carbonyl (C=O) groups excluding carboxylic acids is 2. The van der Waals surface area contributed by atoms with Gasteiger partial charge in [-0.05, 0) is 38.1 Å². The maximum atomic E-state index is 13.6. The van der Waals surface area contributed by atoms with Crippen molar-refractivity contribution in [2.24, 2.45) is 0 Å². The Bertz CT molecular complexity index is 999.